The lowest BCUT2D eigenvalue weighted by Gasteiger charge is -2.46. The number of nitrogens with one attached hydrogen (secondary N) is 1. The first-order chi connectivity index (χ1) is 18.7. The van der Waals surface area contributed by atoms with Crippen LogP contribution in [0.4, 0.5) is 0 Å². The Balaban J connectivity index is 1.90. The molecule has 2 saturated heterocycles. The van der Waals surface area contributed by atoms with Gasteiger partial charge in [0.2, 0.25) is 5.91 Å². The van der Waals surface area contributed by atoms with Gasteiger partial charge >= 0.3 is 11.9 Å². The fraction of sp³-hybridized carbons (Fsp3) is 0.880. The van der Waals surface area contributed by atoms with Crippen molar-refractivity contribution in [2.45, 2.75) is 94.9 Å². The van der Waals surface area contributed by atoms with Crippen molar-refractivity contribution in [2.75, 3.05) is 46.6 Å². The van der Waals surface area contributed by atoms with E-state index < -0.39 is 61.5 Å². The monoisotopic (exact) mass is 564 g/mol. The first kappa shape index (κ1) is 33.3. The molecule has 2 fully saturated rings. The summed E-state index contributed by atoms with van der Waals surface area (Å²) in [6.07, 6.45) is -0.610. The lowest BCUT2D eigenvalue weighted by molar-refractivity contribution is -0.316. The number of morpholine rings is 1. The first-order valence-corrected chi connectivity index (χ1v) is 13.4. The lowest BCUT2D eigenvalue weighted by Crippen LogP contribution is -2.66. The molecule has 2 aliphatic rings. The summed E-state index contributed by atoms with van der Waals surface area (Å²) in [5, 5.41) is 42.4. The number of methoxy groups -OCH3 is 1. The third-order valence-corrected chi connectivity index (χ3v) is 6.59. The number of carboxylic acids is 1. The molecular formula is C25H44N2O12. The highest BCUT2D eigenvalue weighted by molar-refractivity contribution is 5.73. The van der Waals surface area contributed by atoms with E-state index in [0.717, 1.165) is 32.1 Å². The smallest absolute Gasteiger partial charge is 0.317 e. The molecule has 226 valence electrons. The van der Waals surface area contributed by atoms with E-state index >= 15 is 0 Å². The van der Waals surface area contributed by atoms with E-state index in [0.29, 0.717) is 19.4 Å². The van der Waals surface area contributed by atoms with Crippen molar-refractivity contribution in [3.63, 3.8) is 0 Å². The van der Waals surface area contributed by atoms with Gasteiger partial charge in [0.05, 0.1) is 39.5 Å². The fourth-order valence-corrected chi connectivity index (χ4v) is 4.69. The number of carboxylic acid groups (broad SMARTS) is 1. The topological polar surface area (TPSA) is 194 Å². The number of ether oxygens (including phenoxy) is 5. The number of aliphatic carboxylic acids is 1. The van der Waals surface area contributed by atoms with Crippen LogP contribution in [0.15, 0.2) is 0 Å². The van der Waals surface area contributed by atoms with E-state index in [1.54, 1.807) is 0 Å². The van der Waals surface area contributed by atoms with Crippen LogP contribution in [0.5, 0.6) is 0 Å². The minimum absolute atomic E-state index is 0.0532. The number of nitrogens with zero attached hydrogens (tertiary/aromatic N) is 1. The Kier molecular flexibility index (Phi) is 15.1. The Labute approximate surface area is 228 Å². The number of hydrogen-bond acceptors (Lipinski definition) is 12. The highest BCUT2D eigenvalue weighted by atomic mass is 16.7. The van der Waals surface area contributed by atoms with E-state index in [4.69, 9.17) is 24.1 Å². The standard InChI is InChI=1S/C25H44N2O12/c1-16(30)26-22-23(34)24(39-21-13-27(12-19(31)32)11-17(14-28)37-21)18(15-29)38-25(22)36-10-8-6-4-3-5-7-9-20(33)35-2/h17-18,21-25,28-29,34H,3-15H2,1-2H3,(H,26,30)(H,31,32)/t17-,18+,21-,22+,23+,24+,25+/m0/s1. The van der Waals surface area contributed by atoms with Gasteiger partial charge in [-0.3, -0.25) is 19.3 Å². The van der Waals surface area contributed by atoms with Gasteiger partial charge in [-0.2, -0.15) is 0 Å². The van der Waals surface area contributed by atoms with Gasteiger partial charge in [0.1, 0.15) is 24.4 Å². The average molecular weight is 565 g/mol. The van der Waals surface area contributed by atoms with Crippen LogP contribution in [-0.4, -0.2) is 133 Å². The zero-order valence-electron chi connectivity index (χ0n) is 22.7. The highest BCUT2D eigenvalue weighted by Crippen LogP contribution is 2.27. The molecule has 14 nitrogen and oxygen atoms in total. The average Bonchev–Trinajstić information content (AvgIpc) is 2.89. The predicted molar refractivity (Wildman–Crippen MR) is 134 cm³/mol. The Morgan fingerprint density at radius 3 is 2.31 bits per heavy atom. The maximum Gasteiger partial charge on any atom is 0.317 e. The highest BCUT2D eigenvalue weighted by Gasteiger charge is 2.48. The van der Waals surface area contributed by atoms with Crippen molar-refractivity contribution in [3.05, 3.63) is 0 Å². The third-order valence-electron chi connectivity index (χ3n) is 6.59. The zero-order valence-corrected chi connectivity index (χ0v) is 22.7. The molecule has 0 bridgehead atoms. The SMILES string of the molecule is COC(=O)CCCCCCCCO[C@@H]1O[C@H](CO)[C@@H](O[C@H]2CN(CC(=O)O)C[C@@H](CO)O2)[C@H](O)[C@H]1NC(C)=O. The largest absolute Gasteiger partial charge is 0.480 e. The van der Waals surface area contributed by atoms with Gasteiger partial charge in [0, 0.05) is 26.5 Å². The molecule has 0 radical (unpaired) electrons. The number of amides is 1. The molecule has 0 aromatic rings. The maximum atomic E-state index is 11.9. The van der Waals surface area contributed by atoms with Gasteiger partial charge in [-0.15, -0.1) is 0 Å². The summed E-state index contributed by atoms with van der Waals surface area (Å²) < 4.78 is 28.0. The Hall–Kier alpha value is -1.91. The van der Waals surface area contributed by atoms with Crippen molar-refractivity contribution in [2.24, 2.45) is 0 Å². The van der Waals surface area contributed by atoms with Crippen LogP contribution in [0.1, 0.15) is 51.9 Å². The van der Waals surface area contributed by atoms with Crippen LogP contribution in [0.25, 0.3) is 0 Å². The van der Waals surface area contributed by atoms with Crippen LogP contribution in [0.3, 0.4) is 0 Å². The van der Waals surface area contributed by atoms with Crippen molar-refractivity contribution in [1.82, 2.24) is 10.2 Å². The minimum atomic E-state index is -1.34. The number of carbonyl (C=O) groups is 3. The summed E-state index contributed by atoms with van der Waals surface area (Å²) in [6, 6.07) is -0.999. The van der Waals surface area contributed by atoms with Crippen molar-refractivity contribution >= 4 is 17.8 Å². The molecular weight excluding hydrogens is 520 g/mol. The molecule has 0 spiro atoms. The molecule has 0 unspecified atom stereocenters. The van der Waals surface area contributed by atoms with Crippen molar-refractivity contribution < 1.29 is 58.5 Å². The van der Waals surface area contributed by atoms with Gasteiger partial charge in [-0.05, 0) is 12.8 Å². The van der Waals surface area contributed by atoms with Gasteiger partial charge in [-0.1, -0.05) is 25.7 Å². The second-order valence-corrected chi connectivity index (χ2v) is 9.82. The molecule has 0 aromatic heterocycles. The van der Waals surface area contributed by atoms with E-state index in [9.17, 15) is 29.7 Å². The summed E-state index contributed by atoms with van der Waals surface area (Å²) >= 11 is 0. The van der Waals surface area contributed by atoms with Crippen LogP contribution in [0.2, 0.25) is 0 Å². The quantitative estimate of drug-likeness (QED) is 0.107. The number of hydrogen-bond donors (Lipinski definition) is 5. The molecule has 2 aliphatic heterocycles. The summed E-state index contributed by atoms with van der Waals surface area (Å²) in [5.41, 5.74) is 0. The molecule has 14 heteroatoms. The predicted octanol–water partition coefficient (Wildman–Crippen LogP) is -1.02. The number of rotatable bonds is 17. The van der Waals surface area contributed by atoms with Crippen molar-refractivity contribution in [3.8, 4) is 0 Å². The van der Waals surface area contributed by atoms with E-state index in [1.165, 1.54) is 18.9 Å². The molecule has 0 aliphatic carbocycles. The third kappa shape index (κ3) is 11.6. The van der Waals surface area contributed by atoms with Gasteiger partial charge in [-0.25, -0.2) is 0 Å². The van der Waals surface area contributed by atoms with Gasteiger partial charge in [0.25, 0.3) is 0 Å². The van der Waals surface area contributed by atoms with Gasteiger partial charge < -0.3 is 49.4 Å². The minimum Gasteiger partial charge on any atom is -0.480 e. The first-order valence-electron chi connectivity index (χ1n) is 13.4. The summed E-state index contributed by atoms with van der Waals surface area (Å²) in [6.45, 7) is 0.664. The summed E-state index contributed by atoms with van der Waals surface area (Å²) in [4.78, 5) is 35.7. The molecule has 0 saturated carbocycles. The lowest BCUT2D eigenvalue weighted by atomic mass is 9.96. The fourth-order valence-electron chi connectivity index (χ4n) is 4.69. The molecule has 5 N–H and O–H groups in total. The van der Waals surface area contributed by atoms with E-state index in [2.05, 4.69) is 10.1 Å². The molecule has 1 amide bonds. The van der Waals surface area contributed by atoms with E-state index in [1.807, 2.05) is 0 Å². The van der Waals surface area contributed by atoms with Crippen LogP contribution in [0, 0.1) is 0 Å². The van der Waals surface area contributed by atoms with Crippen molar-refractivity contribution in [1.29, 1.82) is 0 Å². The molecule has 0 aromatic carbocycles. The van der Waals surface area contributed by atoms with Crippen LogP contribution < -0.4 is 5.32 Å². The van der Waals surface area contributed by atoms with Crippen LogP contribution >= 0.6 is 0 Å². The Morgan fingerprint density at radius 2 is 1.69 bits per heavy atom. The molecule has 2 rings (SSSR count). The van der Waals surface area contributed by atoms with Gasteiger partial charge in [0.15, 0.2) is 12.6 Å². The number of aliphatic hydroxyl groups is 3. The second kappa shape index (κ2) is 17.7. The Morgan fingerprint density at radius 1 is 1.00 bits per heavy atom. The maximum absolute atomic E-state index is 11.9. The number of aliphatic hydroxyl groups excluding tert-OH is 3. The molecule has 39 heavy (non-hydrogen) atoms. The summed E-state index contributed by atoms with van der Waals surface area (Å²) in [5.74, 6) is -1.68. The number of esters is 1. The Bertz CT molecular complexity index is 757. The molecule has 2 heterocycles. The summed E-state index contributed by atoms with van der Waals surface area (Å²) in [7, 11) is 1.37. The second-order valence-electron chi connectivity index (χ2n) is 9.82. The number of carbonyl (C=O) groups excluding carboxylic acids is 2. The van der Waals surface area contributed by atoms with Crippen LogP contribution in [-0.2, 0) is 38.1 Å². The van der Waals surface area contributed by atoms with E-state index in [-0.39, 0.29) is 32.2 Å². The number of unbranched alkanes of at least 4 members (excludes halogenated alkanes) is 5. The molecule has 7 atom stereocenters. The zero-order chi connectivity index (χ0) is 28.8. The normalized spacial score (nSPS) is 29.6.